The van der Waals surface area contributed by atoms with Crippen LogP contribution in [0.25, 0.3) is 0 Å². The van der Waals surface area contributed by atoms with Crippen LogP contribution in [0, 0.1) is 5.92 Å². The van der Waals surface area contributed by atoms with E-state index >= 15 is 0 Å². The third-order valence-electron chi connectivity index (χ3n) is 2.43. The smallest absolute Gasteiger partial charge is 0.222 e. The van der Waals surface area contributed by atoms with E-state index in [0.717, 1.165) is 0 Å². The Morgan fingerprint density at radius 1 is 1.32 bits per heavy atom. The van der Waals surface area contributed by atoms with Crippen LogP contribution in [0.1, 0.15) is 20.3 Å². The van der Waals surface area contributed by atoms with Crippen LogP contribution in [0.2, 0.25) is 0 Å². The van der Waals surface area contributed by atoms with Gasteiger partial charge in [0, 0.05) is 12.3 Å². The van der Waals surface area contributed by atoms with E-state index in [1.54, 1.807) is 13.8 Å². The van der Waals surface area contributed by atoms with Crippen molar-refractivity contribution in [2.24, 2.45) is 5.92 Å². The Morgan fingerprint density at radius 3 is 2.21 bits per heavy atom. The Bertz CT molecular complexity index is 386. The predicted molar refractivity (Wildman–Crippen MR) is 69.9 cm³/mol. The first-order valence-electron chi connectivity index (χ1n) is 6.12. The molecule has 0 rings (SSSR count). The number of rotatable bonds is 8. The Hall–Kier alpha value is -0.700. The average Bonchev–Trinajstić information content (AvgIpc) is 2.19. The number of nitrogens with zero attached hydrogens (tertiary/aromatic N) is 1. The molecule has 0 spiro atoms. The van der Waals surface area contributed by atoms with Gasteiger partial charge in [0.1, 0.15) is 0 Å². The molecule has 0 aliphatic rings. The monoisotopic (exact) mass is 296 g/mol. The first kappa shape index (κ1) is 18.3. The van der Waals surface area contributed by atoms with Gasteiger partial charge >= 0.3 is 0 Å². The molecule has 1 unspecified atom stereocenters. The summed E-state index contributed by atoms with van der Waals surface area (Å²) in [6.07, 6.45) is 0.525. The molecule has 0 aromatic carbocycles. The number of quaternary nitrogens is 1. The molecule has 7 nitrogen and oxygen atoms in total. The second kappa shape index (κ2) is 7.18. The van der Waals surface area contributed by atoms with Gasteiger partial charge in [0.2, 0.25) is 16.3 Å². The van der Waals surface area contributed by atoms with Crippen LogP contribution in [0.15, 0.2) is 0 Å². The van der Waals surface area contributed by atoms with Crippen molar-refractivity contribution in [2.75, 3.05) is 34.3 Å². The van der Waals surface area contributed by atoms with Crippen molar-refractivity contribution in [1.82, 2.24) is 5.32 Å². The van der Waals surface area contributed by atoms with Crippen LogP contribution in [0.3, 0.4) is 0 Å². The number of hydrogen-bond donors (Lipinski definition) is 1. The van der Waals surface area contributed by atoms with Crippen molar-refractivity contribution in [1.29, 1.82) is 0 Å². The van der Waals surface area contributed by atoms with Crippen molar-refractivity contribution >= 4 is 16.3 Å². The third kappa shape index (κ3) is 10.9. The zero-order valence-electron chi connectivity index (χ0n) is 12.2. The first-order valence-corrected chi connectivity index (χ1v) is 7.45. The van der Waals surface area contributed by atoms with E-state index in [1.165, 1.54) is 0 Å². The van der Waals surface area contributed by atoms with Crippen LogP contribution in [-0.4, -0.2) is 63.7 Å². The highest BCUT2D eigenvalue weighted by Crippen LogP contribution is 2.03. The lowest BCUT2D eigenvalue weighted by molar-refractivity contribution is -0.870. The lowest BCUT2D eigenvalue weighted by Gasteiger charge is -2.27. The molecule has 0 aromatic rings. The van der Waals surface area contributed by atoms with Gasteiger partial charge in [-0.05, 0) is 0 Å². The minimum absolute atomic E-state index is 0.196. The molecule has 0 aliphatic carbocycles. The first-order chi connectivity index (χ1) is 8.41. The van der Waals surface area contributed by atoms with E-state index in [1.807, 2.05) is 21.1 Å². The Balaban J connectivity index is 4.51. The minimum atomic E-state index is -4.74. The van der Waals surface area contributed by atoms with Gasteiger partial charge in [0.25, 0.3) is 0 Å². The number of carbonyl (C=O) groups excluding carboxylic acids is 1. The van der Waals surface area contributed by atoms with Crippen molar-refractivity contribution in [3.63, 3.8) is 0 Å². The number of carbonyl (C=O) groups is 1. The van der Waals surface area contributed by atoms with Gasteiger partial charge in [-0.25, -0.2) is 8.42 Å². The molecule has 19 heavy (non-hydrogen) atoms. The molecule has 114 valence electrons. The van der Waals surface area contributed by atoms with E-state index < -0.39 is 16.4 Å². The van der Waals surface area contributed by atoms with E-state index in [-0.39, 0.29) is 18.4 Å². The summed E-state index contributed by atoms with van der Waals surface area (Å²) >= 11 is 0. The molecule has 0 saturated heterocycles. The maximum Gasteiger partial charge on any atom is 0.222 e. The molecule has 8 heteroatoms. The lowest BCUT2D eigenvalue weighted by atomic mass is 10.1. The molecular formula is C11H24N2O5S. The fraction of sp³-hybridized carbons (Fsp3) is 0.909. The Morgan fingerprint density at radius 2 is 1.84 bits per heavy atom. The maximum atomic E-state index is 11.6. The fourth-order valence-corrected chi connectivity index (χ4v) is 1.60. The number of nitrogens with one attached hydrogen (secondary N) is 1. The zero-order valence-corrected chi connectivity index (χ0v) is 13.0. The minimum Gasteiger partial charge on any atom is -0.726 e. The molecule has 0 heterocycles. The van der Waals surface area contributed by atoms with Crippen molar-refractivity contribution < 1.29 is 26.4 Å². The summed E-state index contributed by atoms with van der Waals surface area (Å²) < 4.78 is 36.3. The van der Waals surface area contributed by atoms with Crippen molar-refractivity contribution in [2.45, 2.75) is 26.3 Å². The molecule has 0 aromatic heterocycles. The summed E-state index contributed by atoms with van der Waals surface area (Å²) in [6, 6.07) is -0.490. The summed E-state index contributed by atoms with van der Waals surface area (Å²) in [5.74, 6) is -0.409. The van der Waals surface area contributed by atoms with Gasteiger partial charge < -0.3 is 14.4 Å². The molecule has 0 fully saturated rings. The molecule has 0 radical (unpaired) electrons. The van der Waals surface area contributed by atoms with Gasteiger partial charge in [-0.15, -0.1) is 0 Å². The van der Waals surface area contributed by atoms with Gasteiger partial charge in [-0.1, -0.05) is 13.8 Å². The van der Waals surface area contributed by atoms with Crippen molar-refractivity contribution in [3.8, 4) is 0 Å². The van der Waals surface area contributed by atoms with Gasteiger partial charge in [0.15, 0.2) is 0 Å². The highest BCUT2D eigenvalue weighted by molar-refractivity contribution is 7.80. The maximum absolute atomic E-state index is 11.6. The number of hydrogen-bond acceptors (Lipinski definition) is 5. The van der Waals surface area contributed by atoms with Crippen LogP contribution < -0.4 is 5.32 Å². The summed E-state index contributed by atoms with van der Waals surface area (Å²) in [5.41, 5.74) is 0. The van der Waals surface area contributed by atoms with Crippen LogP contribution in [0.5, 0.6) is 0 Å². The van der Waals surface area contributed by atoms with E-state index in [2.05, 4.69) is 9.50 Å². The van der Waals surface area contributed by atoms with Gasteiger partial charge in [-0.3, -0.25) is 8.98 Å². The van der Waals surface area contributed by atoms with E-state index in [0.29, 0.717) is 17.4 Å². The van der Waals surface area contributed by atoms with Crippen molar-refractivity contribution in [3.05, 3.63) is 0 Å². The van der Waals surface area contributed by atoms with E-state index in [9.17, 15) is 17.8 Å². The molecule has 1 atom stereocenters. The Kier molecular flexibility index (Phi) is 6.92. The Labute approximate surface area is 115 Å². The second-order valence-electron chi connectivity index (χ2n) is 5.86. The molecule has 0 bridgehead atoms. The van der Waals surface area contributed by atoms with E-state index in [4.69, 9.17) is 0 Å². The normalized spacial score (nSPS) is 14.5. The quantitative estimate of drug-likeness (QED) is 0.377. The van der Waals surface area contributed by atoms with Crippen LogP contribution in [-0.2, 0) is 19.4 Å². The van der Waals surface area contributed by atoms with Gasteiger partial charge in [0.05, 0.1) is 40.3 Å². The highest BCUT2D eigenvalue weighted by Gasteiger charge is 2.19. The van der Waals surface area contributed by atoms with Gasteiger partial charge in [-0.2, -0.15) is 0 Å². The second-order valence-corrected chi connectivity index (χ2v) is 6.91. The SMILES string of the molecule is CC(C)C(=O)NC(CC[N+](C)(C)C)COS(=O)(=O)[O-]. The van der Waals surface area contributed by atoms with Crippen LogP contribution >= 0.6 is 0 Å². The lowest BCUT2D eigenvalue weighted by Crippen LogP contribution is -2.45. The summed E-state index contributed by atoms with van der Waals surface area (Å²) in [7, 11) is 1.20. The topological polar surface area (TPSA) is 95.5 Å². The molecule has 0 aliphatic heterocycles. The predicted octanol–water partition coefficient (Wildman–Crippen LogP) is -0.300. The highest BCUT2D eigenvalue weighted by atomic mass is 32.3. The third-order valence-corrected chi connectivity index (χ3v) is 2.86. The molecule has 1 N–H and O–H groups in total. The fourth-order valence-electron chi connectivity index (χ4n) is 1.27. The summed E-state index contributed by atoms with van der Waals surface area (Å²) in [6.45, 7) is 3.85. The molecule has 1 amide bonds. The average molecular weight is 296 g/mol. The molecule has 0 saturated carbocycles. The molecular weight excluding hydrogens is 272 g/mol. The summed E-state index contributed by atoms with van der Waals surface area (Å²) in [4.78, 5) is 11.6. The zero-order chi connectivity index (χ0) is 15.3. The largest absolute Gasteiger partial charge is 0.726 e. The summed E-state index contributed by atoms with van der Waals surface area (Å²) in [5, 5.41) is 2.68. The van der Waals surface area contributed by atoms with Crippen LogP contribution in [0.4, 0.5) is 0 Å². The standard InChI is InChI=1S/C11H24N2O5S/c1-9(2)11(14)12-10(6-7-13(3,4)5)8-18-19(15,16)17/h9-10H,6-8H2,1-5H3,(H-,12,14,15,16,17). The number of amides is 1.